The van der Waals surface area contributed by atoms with Gasteiger partial charge in [-0.25, -0.2) is 4.98 Å². The Morgan fingerprint density at radius 2 is 2.38 bits per heavy atom. The molecule has 16 heavy (non-hydrogen) atoms. The van der Waals surface area contributed by atoms with Gasteiger partial charge in [-0.05, 0) is 12.8 Å². The number of thiazole rings is 1. The number of nitrogens with zero attached hydrogens (tertiary/aromatic N) is 1. The van der Waals surface area contributed by atoms with E-state index in [-0.39, 0.29) is 12.2 Å². The Bertz CT molecular complexity index is 401. The minimum absolute atomic E-state index is 0.138. The average molecular weight is 239 g/mol. The molecule has 1 fully saturated rings. The Kier molecular flexibility index (Phi) is 3.05. The van der Waals surface area contributed by atoms with Gasteiger partial charge < -0.3 is 5.11 Å². The zero-order valence-corrected chi connectivity index (χ0v) is 9.63. The lowest BCUT2D eigenvalue weighted by atomic mass is 9.71. The Morgan fingerprint density at radius 3 is 2.94 bits per heavy atom. The second-order valence-corrected chi connectivity index (χ2v) is 5.10. The van der Waals surface area contributed by atoms with Crippen molar-refractivity contribution in [3.05, 3.63) is 16.6 Å². The topological polar surface area (TPSA) is 67.3 Å². The van der Waals surface area contributed by atoms with E-state index in [4.69, 9.17) is 0 Å². The van der Waals surface area contributed by atoms with E-state index in [1.165, 1.54) is 11.3 Å². The van der Waals surface area contributed by atoms with Crippen molar-refractivity contribution in [2.45, 2.75) is 32.1 Å². The number of aliphatic carboxylic acids is 1. The zero-order chi connectivity index (χ0) is 11.6. The van der Waals surface area contributed by atoms with Gasteiger partial charge in [0.2, 0.25) is 0 Å². The summed E-state index contributed by atoms with van der Waals surface area (Å²) >= 11 is 1.41. The molecule has 0 radical (unpaired) electrons. The van der Waals surface area contributed by atoms with Gasteiger partial charge in [-0.2, -0.15) is 0 Å². The number of hydrogen-bond acceptors (Lipinski definition) is 4. The lowest BCUT2D eigenvalue weighted by Crippen LogP contribution is -2.43. The van der Waals surface area contributed by atoms with E-state index in [9.17, 15) is 14.7 Å². The summed E-state index contributed by atoms with van der Waals surface area (Å²) in [5.74, 6) is -1.13. The number of rotatable bonds is 3. The summed E-state index contributed by atoms with van der Waals surface area (Å²) in [6, 6.07) is 0. The first-order valence-corrected chi connectivity index (χ1v) is 6.18. The van der Waals surface area contributed by atoms with Crippen molar-refractivity contribution < 1.29 is 14.7 Å². The monoisotopic (exact) mass is 239 g/mol. The Hall–Kier alpha value is -1.23. The van der Waals surface area contributed by atoms with Gasteiger partial charge in [0.1, 0.15) is 5.41 Å². The number of carbonyl (C=O) groups is 2. The number of carboxylic acids is 1. The predicted octanol–water partition coefficient (Wildman–Crippen LogP) is 1.90. The maximum atomic E-state index is 11.9. The molecule has 1 heterocycles. The van der Waals surface area contributed by atoms with Crippen LogP contribution in [0.1, 0.15) is 30.7 Å². The normalized spacial score (nSPS) is 25.6. The summed E-state index contributed by atoms with van der Waals surface area (Å²) in [6.07, 6.45) is 4.34. The molecule has 1 aliphatic rings. The molecule has 1 aliphatic carbocycles. The van der Waals surface area contributed by atoms with E-state index in [0.29, 0.717) is 12.8 Å². The van der Waals surface area contributed by atoms with Crippen LogP contribution in [0.4, 0.5) is 0 Å². The van der Waals surface area contributed by atoms with E-state index in [1.807, 2.05) is 0 Å². The molecule has 0 bridgehead atoms. The third-order valence-corrected chi connectivity index (χ3v) is 3.92. The van der Waals surface area contributed by atoms with Gasteiger partial charge in [-0.15, -0.1) is 11.3 Å². The maximum absolute atomic E-state index is 11.9. The molecule has 0 aromatic carbocycles. The highest BCUT2D eigenvalue weighted by atomic mass is 32.1. The second kappa shape index (κ2) is 4.33. The van der Waals surface area contributed by atoms with Gasteiger partial charge in [0.15, 0.2) is 5.78 Å². The highest BCUT2D eigenvalue weighted by molar-refractivity contribution is 7.09. The summed E-state index contributed by atoms with van der Waals surface area (Å²) < 4.78 is 0. The van der Waals surface area contributed by atoms with Crippen LogP contribution in [0.25, 0.3) is 0 Å². The number of carbonyl (C=O) groups excluding carboxylic acids is 1. The van der Waals surface area contributed by atoms with Crippen LogP contribution in [-0.2, 0) is 16.0 Å². The standard InChI is InChI=1S/C11H13NO3S/c13-8-3-1-2-4-11(8,10(14)15)7-9-12-5-6-16-9/h5-6H,1-4,7H2,(H,14,15). The Labute approximate surface area is 97.3 Å². The molecule has 86 valence electrons. The van der Waals surface area contributed by atoms with Crippen LogP contribution < -0.4 is 0 Å². The van der Waals surface area contributed by atoms with E-state index >= 15 is 0 Å². The van der Waals surface area contributed by atoms with Crippen LogP contribution in [0.5, 0.6) is 0 Å². The predicted molar refractivity (Wildman–Crippen MR) is 59.4 cm³/mol. The zero-order valence-electron chi connectivity index (χ0n) is 8.81. The van der Waals surface area contributed by atoms with Gasteiger partial charge in [0.25, 0.3) is 0 Å². The van der Waals surface area contributed by atoms with Crippen LogP contribution >= 0.6 is 11.3 Å². The summed E-state index contributed by atoms with van der Waals surface area (Å²) in [5, 5.41) is 11.9. The first-order valence-electron chi connectivity index (χ1n) is 5.30. The van der Waals surface area contributed by atoms with Gasteiger partial charge in [-0.3, -0.25) is 9.59 Å². The van der Waals surface area contributed by atoms with Crippen molar-refractivity contribution in [1.82, 2.24) is 4.98 Å². The van der Waals surface area contributed by atoms with Gasteiger partial charge in [0, 0.05) is 24.4 Å². The van der Waals surface area contributed by atoms with Crippen molar-refractivity contribution >= 4 is 23.1 Å². The van der Waals surface area contributed by atoms with Crippen LogP contribution in [0.15, 0.2) is 11.6 Å². The van der Waals surface area contributed by atoms with Crippen LogP contribution in [0.3, 0.4) is 0 Å². The minimum atomic E-state index is -1.21. The Morgan fingerprint density at radius 1 is 1.56 bits per heavy atom. The number of carboxylic acid groups (broad SMARTS) is 1. The molecule has 1 aromatic heterocycles. The lowest BCUT2D eigenvalue weighted by Gasteiger charge is -2.30. The van der Waals surface area contributed by atoms with Crippen LogP contribution in [0.2, 0.25) is 0 Å². The van der Waals surface area contributed by atoms with E-state index < -0.39 is 11.4 Å². The van der Waals surface area contributed by atoms with Gasteiger partial charge in [0.05, 0.1) is 5.01 Å². The number of aromatic nitrogens is 1. The lowest BCUT2D eigenvalue weighted by molar-refractivity contribution is -0.157. The molecule has 1 saturated carbocycles. The molecule has 0 amide bonds. The highest BCUT2D eigenvalue weighted by Crippen LogP contribution is 2.37. The van der Waals surface area contributed by atoms with Crippen molar-refractivity contribution in [2.75, 3.05) is 0 Å². The molecular weight excluding hydrogens is 226 g/mol. The summed E-state index contributed by atoms with van der Waals surface area (Å²) in [4.78, 5) is 27.3. The summed E-state index contributed by atoms with van der Waals surface area (Å²) in [7, 11) is 0. The number of Topliss-reactive ketones (excluding diaryl/α,β-unsaturated/α-hetero) is 1. The largest absolute Gasteiger partial charge is 0.480 e. The molecule has 1 unspecified atom stereocenters. The van der Waals surface area contributed by atoms with Crippen LogP contribution in [-0.4, -0.2) is 21.8 Å². The van der Waals surface area contributed by atoms with Crippen molar-refractivity contribution in [2.24, 2.45) is 5.41 Å². The van der Waals surface area contributed by atoms with E-state index in [0.717, 1.165) is 17.8 Å². The Balaban J connectivity index is 2.27. The fourth-order valence-electron chi connectivity index (χ4n) is 2.18. The fourth-order valence-corrected chi connectivity index (χ4v) is 2.91. The van der Waals surface area contributed by atoms with Gasteiger partial charge in [-0.1, -0.05) is 6.42 Å². The first-order chi connectivity index (χ1) is 7.65. The number of ketones is 1. The van der Waals surface area contributed by atoms with Crippen molar-refractivity contribution in [1.29, 1.82) is 0 Å². The van der Waals surface area contributed by atoms with Crippen molar-refractivity contribution in [3.63, 3.8) is 0 Å². The molecule has 4 nitrogen and oxygen atoms in total. The molecule has 0 saturated heterocycles. The molecule has 1 atom stereocenters. The van der Waals surface area contributed by atoms with Gasteiger partial charge >= 0.3 is 5.97 Å². The molecule has 0 spiro atoms. The second-order valence-electron chi connectivity index (χ2n) is 4.12. The first kappa shape index (κ1) is 11.3. The molecule has 0 aliphatic heterocycles. The van der Waals surface area contributed by atoms with E-state index in [1.54, 1.807) is 11.6 Å². The smallest absolute Gasteiger partial charge is 0.317 e. The average Bonchev–Trinajstić information content (AvgIpc) is 2.74. The van der Waals surface area contributed by atoms with Crippen LogP contribution in [0, 0.1) is 5.41 Å². The molecule has 1 N–H and O–H groups in total. The van der Waals surface area contributed by atoms with E-state index in [2.05, 4.69) is 4.98 Å². The molecule has 2 rings (SSSR count). The maximum Gasteiger partial charge on any atom is 0.317 e. The SMILES string of the molecule is O=C(O)C1(Cc2nccs2)CCCCC1=O. The third kappa shape index (κ3) is 1.87. The fraction of sp³-hybridized carbons (Fsp3) is 0.545. The molecular formula is C11H13NO3S. The molecule has 5 heteroatoms. The summed E-state index contributed by atoms with van der Waals surface area (Å²) in [6.45, 7) is 0. The number of hydrogen-bond donors (Lipinski definition) is 1. The molecule has 1 aromatic rings. The van der Waals surface area contributed by atoms with Crippen molar-refractivity contribution in [3.8, 4) is 0 Å². The summed E-state index contributed by atoms with van der Waals surface area (Å²) in [5.41, 5.74) is -1.21. The third-order valence-electron chi connectivity index (χ3n) is 3.14. The quantitative estimate of drug-likeness (QED) is 0.818. The highest BCUT2D eigenvalue weighted by Gasteiger charge is 2.47. The minimum Gasteiger partial charge on any atom is -0.480 e.